The highest BCUT2D eigenvalue weighted by Gasteiger charge is 2.30. The summed E-state index contributed by atoms with van der Waals surface area (Å²) in [6, 6.07) is 0. The molecular weight excluding hydrogens is 318 g/mol. The Bertz CT molecular complexity index is 725. The maximum atomic E-state index is 12.3. The van der Waals surface area contributed by atoms with Crippen LogP contribution in [0.5, 0.6) is 0 Å². The average Bonchev–Trinajstić information content (AvgIpc) is 2.69. The number of aromatic nitrogens is 2. The largest absolute Gasteiger partial charge is 0.302 e. The first-order chi connectivity index (χ1) is 9.59. The van der Waals surface area contributed by atoms with Gasteiger partial charge in [-0.3, -0.25) is 9.40 Å². The minimum atomic E-state index is -4.06. The van der Waals surface area contributed by atoms with Crippen LogP contribution in [0.25, 0.3) is 0 Å². The lowest BCUT2D eigenvalue weighted by molar-refractivity contribution is 0.282. The summed E-state index contributed by atoms with van der Waals surface area (Å²) < 4.78 is 52.2. The molecule has 120 valence electrons. The van der Waals surface area contributed by atoms with Crippen molar-refractivity contribution in [2.45, 2.75) is 24.7 Å². The summed E-state index contributed by atoms with van der Waals surface area (Å²) in [6.45, 7) is 2.77. The van der Waals surface area contributed by atoms with Crippen LogP contribution in [0.1, 0.15) is 19.8 Å². The van der Waals surface area contributed by atoms with E-state index in [-0.39, 0.29) is 16.6 Å². The molecule has 1 aliphatic rings. The van der Waals surface area contributed by atoms with Crippen LogP contribution in [0.4, 0.5) is 5.82 Å². The number of nitrogens with zero attached hydrogens (tertiary/aromatic N) is 3. The molecule has 1 aromatic heterocycles. The van der Waals surface area contributed by atoms with Gasteiger partial charge in [0.25, 0.3) is 0 Å². The van der Waals surface area contributed by atoms with Crippen molar-refractivity contribution in [3.05, 3.63) is 6.20 Å². The molecule has 0 bridgehead atoms. The maximum Gasteiger partial charge on any atom is 0.302 e. The van der Waals surface area contributed by atoms with Gasteiger partial charge in [0.2, 0.25) is 10.0 Å². The molecule has 0 aromatic carbocycles. The van der Waals surface area contributed by atoms with E-state index in [0.29, 0.717) is 13.1 Å². The van der Waals surface area contributed by atoms with E-state index < -0.39 is 20.2 Å². The molecule has 9 nitrogen and oxygen atoms in total. The van der Waals surface area contributed by atoms with E-state index in [1.54, 1.807) is 0 Å². The fraction of sp³-hybridized carbons (Fsp3) is 0.700. The molecule has 21 heavy (non-hydrogen) atoms. The molecule has 0 aliphatic carbocycles. The molecule has 0 spiro atoms. The minimum absolute atomic E-state index is 0.261. The molecule has 0 amide bonds. The lowest BCUT2D eigenvalue weighted by atomic mass is 10.0. The number of hydrogen-bond acceptors (Lipinski definition) is 5. The topological polar surface area (TPSA) is 127 Å². The summed E-state index contributed by atoms with van der Waals surface area (Å²) in [7, 11) is -6.42. The zero-order chi connectivity index (χ0) is 15.8. The van der Waals surface area contributed by atoms with E-state index in [4.69, 9.17) is 5.14 Å². The van der Waals surface area contributed by atoms with Gasteiger partial charge in [0.05, 0.1) is 0 Å². The summed E-state index contributed by atoms with van der Waals surface area (Å²) in [6.07, 6.45) is 2.90. The summed E-state index contributed by atoms with van der Waals surface area (Å²) in [5.41, 5.74) is 0. The standard InChI is InChI=1S/C10H19N5O4S2/c1-8-4-3-5-15(6-8)21(18,19)13-10-9(20(11,16)17)7-14(2)12-10/h7-8H,3-6H2,1-2H3,(H,12,13)(H2,11,16,17). The third-order valence-electron chi connectivity index (χ3n) is 3.29. The Kier molecular flexibility index (Phi) is 4.29. The van der Waals surface area contributed by atoms with E-state index in [9.17, 15) is 16.8 Å². The Balaban J connectivity index is 2.29. The molecular formula is C10H19N5O4S2. The summed E-state index contributed by atoms with van der Waals surface area (Å²) in [4.78, 5) is -0.348. The number of anilines is 1. The molecule has 0 radical (unpaired) electrons. The quantitative estimate of drug-likeness (QED) is 0.762. The second-order valence-corrected chi connectivity index (χ2v) is 8.47. The Morgan fingerprint density at radius 1 is 1.38 bits per heavy atom. The molecule has 2 rings (SSSR count). The molecule has 11 heteroatoms. The van der Waals surface area contributed by atoms with E-state index >= 15 is 0 Å². The van der Waals surface area contributed by atoms with Crippen molar-refractivity contribution in [3.63, 3.8) is 0 Å². The van der Waals surface area contributed by atoms with E-state index in [0.717, 1.165) is 19.0 Å². The van der Waals surface area contributed by atoms with Crippen LogP contribution in [0.2, 0.25) is 0 Å². The van der Waals surface area contributed by atoms with Crippen molar-refractivity contribution in [1.82, 2.24) is 14.1 Å². The monoisotopic (exact) mass is 337 g/mol. The molecule has 0 saturated carbocycles. The highest BCUT2D eigenvalue weighted by Crippen LogP contribution is 2.22. The normalized spacial score (nSPS) is 21.4. The number of rotatable bonds is 4. The summed E-state index contributed by atoms with van der Waals surface area (Å²) >= 11 is 0. The molecule has 1 aliphatic heterocycles. The van der Waals surface area contributed by atoms with Gasteiger partial charge in [0.1, 0.15) is 4.90 Å². The van der Waals surface area contributed by atoms with Crippen LogP contribution < -0.4 is 9.86 Å². The number of primary sulfonamides is 1. The zero-order valence-corrected chi connectivity index (χ0v) is 13.5. The van der Waals surface area contributed by atoms with Gasteiger partial charge in [0.15, 0.2) is 5.82 Å². The van der Waals surface area contributed by atoms with Gasteiger partial charge in [0, 0.05) is 26.3 Å². The number of sulfonamides is 1. The van der Waals surface area contributed by atoms with Gasteiger partial charge in [-0.05, 0) is 18.8 Å². The van der Waals surface area contributed by atoms with Crippen molar-refractivity contribution < 1.29 is 16.8 Å². The number of piperidine rings is 1. The molecule has 1 fully saturated rings. The maximum absolute atomic E-state index is 12.3. The van der Waals surface area contributed by atoms with Gasteiger partial charge in [-0.25, -0.2) is 13.6 Å². The lowest BCUT2D eigenvalue weighted by Crippen LogP contribution is -2.42. The smallest absolute Gasteiger partial charge is 0.272 e. The number of aryl methyl sites for hydroxylation is 1. The summed E-state index contributed by atoms with van der Waals surface area (Å²) in [5, 5.41) is 8.88. The van der Waals surface area contributed by atoms with Gasteiger partial charge in [-0.2, -0.15) is 17.8 Å². The first-order valence-corrected chi connectivity index (χ1v) is 9.42. The molecule has 1 atom stereocenters. The third kappa shape index (κ3) is 3.73. The van der Waals surface area contributed by atoms with Crippen LogP contribution in [0, 0.1) is 5.92 Å². The van der Waals surface area contributed by atoms with Crippen LogP contribution in [0.15, 0.2) is 11.1 Å². The molecule has 1 aromatic rings. The second kappa shape index (κ2) is 5.55. The Labute approximate surface area is 124 Å². The van der Waals surface area contributed by atoms with E-state index in [1.807, 2.05) is 6.92 Å². The van der Waals surface area contributed by atoms with Crippen molar-refractivity contribution >= 4 is 26.1 Å². The van der Waals surface area contributed by atoms with Gasteiger partial charge in [-0.1, -0.05) is 6.92 Å². The lowest BCUT2D eigenvalue weighted by Gasteiger charge is -2.29. The van der Waals surface area contributed by atoms with Crippen molar-refractivity contribution in [3.8, 4) is 0 Å². The first-order valence-electron chi connectivity index (χ1n) is 6.44. The zero-order valence-electron chi connectivity index (χ0n) is 11.9. The fourth-order valence-electron chi connectivity index (χ4n) is 2.30. The van der Waals surface area contributed by atoms with Crippen LogP contribution in [-0.2, 0) is 27.3 Å². The number of nitrogens with two attached hydrogens (primary N) is 1. The highest BCUT2D eigenvalue weighted by atomic mass is 32.2. The van der Waals surface area contributed by atoms with Crippen LogP contribution >= 0.6 is 0 Å². The Morgan fingerprint density at radius 3 is 2.62 bits per heavy atom. The molecule has 1 saturated heterocycles. The van der Waals surface area contributed by atoms with Crippen LogP contribution in [-0.4, -0.2) is 44.0 Å². The SMILES string of the molecule is CC1CCCN(S(=O)(=O)Nc2nn(C)cc2S(N)(=O)=O)C1. The average molecular weight is 337 g/mol. The minimum Gasteiger partial charge on any atom is -0.272 e. The third-order valence-corrected chi connectivity index (χ3v) is 5.66. The fourth-order valence-corrected chi connectivity index (χ4v) is 4.37. The van der Waals surface area contributed by atoms with Crippen molar-refractivity contribution in [1.29, 1.82) is 0 Å². The number of nitrogens with one attached hydrogen (secondary N) is 1. The number of hydrogen-bond donors (Lipinski definition) is 2. The van der Waals surface area contributed by atoms with Crippen LogP contribution in [0.3, 0.4) is 0 Å². The van der Waals surface area contributed by atoms with E-state index in [1.165, 1.54) is 16.0 Å². The predicted octanol–water partition coefficient (Wildman–Crippen LogP) is -0.544. The highest BCUT2D eigenvalue weighted by molar-refractivity contribution is 7.91. The second-order valence-electron chi connectivity index (χ2n) is 5.27. The molecule has 1 unspecified atom stereocenters. The molecule has 2 heterocycles. The van der Waals surface area contributed by atoms with E-state index in [2.05, 4.69) is 9.82 Å². The van der Waals surface area contributed by atoms with Crippen molar-refractivity contribution in [2.75, 3.05) is 17.8 Å². The van der Waals surface area contributed by atoms with Crippen molar-refractivity contribution in [2.24, 2.45) is 18.1 Å². The molecule has 3 N–H and O–H groups in total. The Hall–Kier alpha value is -1.17. The summed E-state index contributed by atoms with van der Waals surface area (Å²) in [5.74, 6) is -0.0185. The van der Waals surface area contributed by atoms with Gasteiger partial charge in [-0.15, -0.1) is 0 Å². The Morgan fingerprint density at radius 2 is 2.05 bits per heavy atom. The van der Waals surface area contributed by atoms with Gasteiger partial charge >= 0.3 is 10.2 Å². The predicted molar refractivity (Wildman–Crippen MR) is 77.1 cm³/mol. The first kappa shape index (κ1) is 16.2. The van der Waals surface area contributed by atoms with Gasteiger partial charge < -0.3 is 0 Å².